The summed E-state index contributed by atoms with van der Waals surface area (Å²) in [6, 6.07) is 0.612. The first kappa shape index (κ1) is 13.0. The number of hydrogen-bond acceptors (Lipinski definition) is 2. The standard InChI is InChI=1S/C13H27NO/c1-10(2)7-8-14-11-9-13(5,15-6)12(11,3)4/h10-11,14H,7-9H2,1-6H3. The fraction of sp³-hybridized carbons (Fsp3) is 1.00. The Bertz CT molecular complexity index is 213. The van der Waals surface area contributed by atoms with Crippen LogP contribution in [0.1, 0.15) is 47.5 Å². The molecule has 1 rings (SSSR count). The van der Waals surface area contributed by atoms with Crippen LogP contribution in [0, 0.1) is 11.3 Å². The van der Waals surface area contributed by atoms with Crippen LogP contribution in [0.25, 0.3) is 0 Å². The average Bonchev–Trinajstić information content (AvgIpc) is 2.15. The predicted octanol–water partition coefficient (Wildman–Crippen LogP) is 2.83. The van der Waals surface area contributed by atoms with Gasteiger partial charge >= 0.3 is 0 Å². The van der Waals surface area contributed by atoms with Crippen LogP contribution in [0.15, 0.2) is 0 Å². The largest absolute Gasteiger partial charge is 0.378 e. The highest BCUT2D eigenvalue weighted by atomic mass is 16.5. The summed E-state index contributed by atoms with van der Waals surface area (Å²) in [7, 11) is 1.83. The molecule has 90 valence electrons. The molecule has 1 aliphatic rings. The Hall–Kier alpha value is -0.0800. The Morgan fingerprint density at radius 3 is 2.33 bits per heavy atom. The van der Waals surface area contributed by atoms with Gasteiger partial charge in [-0.3, -0.25) is 0 Å². The van der Waals surface area contributed by atoms with E-state index in [1.807, 2.05) is 7.11 Å². The molecule has 2 atom stereocenters. The van der Waals surface area contributed by atoms with Crippen molar-refractivity contribution in [2.45, 2.75) is 59.1 Å². The number of ether oxygens (including phenoxy) is 1. The van der Waals surface area contributed by atoms with Gasteiger partial charge in [-0.25, -0.2) is 0 Å². The van der Waals surface area contributed by atoms with Gasteiger partial charge in [0.05, 0.1) is 5.60 Å². The lowest BCUT2D eigenvalue weighted by Crippen LogP contribution is -2.67. The van der Waals surface area contributed by atoms with Crippen LogP contribution in [0.3, 0.4) is 0 Å². The maximum absolute atomic E-state index is 5.61. The molecule has 1 fully saturated rings. The lowest BCUT2D eigenvalue weighted by atomic mass is 9.56. The zero-order valence-electron chi connectivity index (χ0n) is 11.2. The Kier molecular flexibility index (Phi) is 3.83. The molecule has 0 amide bonds. The van der Waals surface area contributed by atoms with Crippen LogP contribution >= 0.6 is 0 Å². The molecular formula is C13H27NO. The highest BCUT2D eigenvalue weighted by Crippen LogP contribution is 2.51. The fourth-order valence-electron chi connectivity index (χ4n) is 2.37. The molecule has 0 spiro atoms. The molecule has 0 bridgehead atoms. The van der Waals surface area contributed by atoms with Crippen LogP contribution in [-0.2, 0) is 4.74 Å². The molecule has 1 saturated carbocycles. The summed E-state index contributed by atoms with van der Waals surface area (Å²) in [6.07, 6.45) is 2.39. The lowest BCUT2D eigenvalue weighted by Gasteiger charge is -2.59. The van der Waals surface area contributed by atoms with Crippen molar-refractivity contribution in [3.8, 4) is 0 Å². The van der Waals surface area contributed by atoms with Crippen molar-refractivity contribution in [2.75, 3.05) is 13.7 Å². The molecule has 0 aromatic rings. The minimum absolute atomic E-state index is 0.0580. The average molecular weight is 213 g/mol. The van der Waals surface area contributed by atoms with Crippen molar-refractivity contribution in [2.24, 2.45) is 11.3 Å². The van der Waals surface area contributed by atoms with E-state index in [-0.39, 0.29) is 11.0 Å². The van der Waals surface area contributed by atoms with Gasteiger partial charge < -0.3 is 10.1 Å². The highest BCUT2D eigenvalue weighted by Gasteiger charge is 2.57. The lowest BCUT2D eigenvalue weighted by molar-refractivity contribution is -0.180. The molecule has 1 aliphatic carbocycles. The van der Waals surface area contributed by atoms with E-state index in [1.165, 1.54) is 6.42 Å². The summed E-state index contributed by atoms with van der Waals surface area (Å²) in [5.74, 6) is 0.787. The summed E-state index contributed by atoms with van der Waals surface area (Å²) in [4.78, 5) is 0. The van der Waals surface area contributed by atoms with E-state index < -0.39 is 0 Å². The van der Waals surface area contributed by atoms with Crippen molar-refractivity contribution < 1.29 is 4.74 Å². The molecule has 0 saturated heterocycles. The first-order chi connectivity index (χ1) is 6.83. The van der Waals surface area contributed by atoms with Gasteiger partial charge in [-0.15, -0.1) is 0 Å². The summed E-state index contributed by atoms with van der Waals surface area (Å²) in [6.45, 7) is 12.5. The van der Waals surface area contributed by atoms with Gasteiger partial charge in [0.1, 0.15) is 0 Å². The summed E-state index contributed by atoms with van der Waals surface area (Å²) in [5, 5.41) is 3.65. The molecular weight excluding hydrogens is 186 g/mol. The molecule has 0 aromatic carbocycles. The van der Waals surface area contributed by atoms with Gasteiger partial charge in [0, 0.05) is 18.6 Å². The van der Waals surface area contributed by atoms with E-state index in [0.29, 0.717) is 6.04 Å². The Labute approximate surface area is 94.8 Å². The van der Waals surface area contributed by atoms with Gasteiger partial charge in [0.2, 0.25) is 0 Å². The third-order valence-electron chi connectivity index (χ3n) is 4.39. The third kappa shape index (κ3) is 2.36. The second-order valence-corrected chi connectivity index (χ2v) is 6.05. The Morgan fingerprint density at radius 2 is 1.93 bits per heavy atom. The topological polar surface area (TPSA) is 21.3 Å². The van der Waals surface area contributed by atoms with E-state index in [4.69, 9.17) is 4.74 Å². The molecule has 0 aliphatic heterocycles. The zero-order valence-corrected chi connectivity index (χ0v) is 11.2. The Morgan fingerprint density at radius 1 is 1.33 bits per heavy atom. The molecule has 0 radical (unpaired) electrons. The van der Waals surface area contributed by atoms with Gasteiger partial charge in [0.25, 0.3) is 0 Å². The Balaban J connectivity index is 2.36. The van der Waals surface area contributed by atoms with Crippen molar-refractivity contribution in [1.29, 1.82) is 0 Å². The number of methoxy groups -OCH3 is 1. The van der Waals surface area contributed by atoms with E-state index >= 15 is 0 Å². The maximum atomic E-state index is 5.61. The van der Waals surface area contributed by atoms with Gasteiger partial charge in [-0.2, -0.15) is 0 Å². The van der Waals surface area contributed by atoms with Crippen molar-refractivity contribution in [3.63, 3.8) is 0 Å². The summed E-state index contributed by atoms with van der Waals surface area (Å²) < 4.78 is 5.61. The molecule has 1 N–H and O–H groups in total. The predicted molar refractivity (Wildman–Crippen MR) is 65.1 cm³/mol. The van der Waals surface area contributed by atoms with Crippen LogP contribution in [0.5, 0.6) is 0 Å². The zero-order chi connectivity index (χ0) is 11.7. The second kappa shape index (κ2) is 4.42. The monoisotopic (exact) mass is 213 g/mol. The number of nitrogens with one attached hydrogen (secondary N) is 1. The van der Waals surface area contributed by atoms with Crippen molar-refractivity contribution in [1.82, 2.24) is 5.32 Å². The smallest absolute Gasteiger partial charge is 0.0731 e. The van der Waals surface area contributed by atoms with E-state index in [2.05, 4.69) is 39.9 Å². The molecule has 15 heavy (non-hydrogen) atoms. The van der Waals surface area contributed by atoms with Gasteiger partial charge in [-0.1, -0.05) is 27.7 Å². The summed E-state index contributed by atoms with van der Waals surface area (Å²) >= 11 is 0. The highest BCUT2D eigenvalue weighted by molar-refractivity contribution is 5.11. The second-order valence-electron chi connectivity index (χ2n) is 6.05. The van der Waals surface area contributed by atoms with E-state index in [0.717, 1.165) is 18.9 Å². The molecule has 2 heteroatoms. The number of rotatable bonds is 5. The molecule has 0 aromatic heterocycles. The molecule has 2 unspecified atom stereocenters. The van der Waals surface area contributed by atoms with E-state index in [9.17, 15) is 0 Å². The van der Waals surface area contributed by atoms with Crippen LogP contribution in [-0.4, -0.2) is 25.3 Å². The first-order valence-corrected chi connectivity index (χ1v) is 6.12. The van der Waals surface area contributed by atoms with Crippen molar-refractivity contribution >= 4 is 0 Å². The van der Waals surface area contributed by atoms with Crippen LogP contribution in [0.2, 0.25) is 0 Å². The van der Waals surface area contributed by atoms with Crippen LogP contribution < -0.4 is 5.32 Å². The SMILES string of the molecule is COC1(C)CC(NCCC(C)C)C1(C)C. The third-order valence-corrected chi connectivity index (χ3v) is 4.39. The normalized spacial score (nSPS) is 34.2. The molecule has 2 nitrogen and oxygen atoms in total. The minimum atomic E-state index is 0.0580. The quantitative estimate of drug-likeness (QED) is 0.758. The van der Waals surface area contributed by atoms with E-state index in [1.54, 1.807) is 0 Å². The van der Waals surface area contributed by atoms with Gasteiger partial charge in [0.15, 0.2) is 0 Å². The molecule has 0 heterocycles. The van der Waals surface area contributed by atoms with Gasteiger partial charge in [-0.05, 0) is 32.2 Å². The number of hydrogen-bond donors (Lipinski definition) is 1. The first-order valence-electron chi connectivity index (χ1n) is 6.12. The summed E-state index contributed by atoms with van der Waals surface area (Å²) in [5.41, 5.74) is 0.307. The van der Waals surface area contributed by atoms with Crippen molar-refractivity contribution in [3.05, 3.63) is 0 Å². The minimum Gasteiger partial charge on any atom is -0.378 e. The maximum Gasteiger partial charge on any atom is 0.0731 e. The van der Waals surface area contributed by atoms with Crippen LogP contribution in [0.4, 0.5) is 0 Å². The fourth-order valence-corrected chi connectivity index (χ4v) is 2.37.